The van der Waals surface area contributed by atoms with E-state index < -0.39 is 23.1 Å². The average Bonchev–Trinajstić information content (AvgIpc) is 2.54. The molecule has 1 aliphatic rings. The van der Waals surface area contributed by atoms with Gasteiger partial charge in [0.05, 0.1) is 6.61 Å². The summed E-state index contributed by atoms with van der Waals surface area (Å²) in [5, 5.41) is 12.0. The number of rotatable bonds is 7. The zero-order valence-corrected chi connectivity index (χ0v) is 13.3. The maximum atomic E-state index is 13.4. The van der Waals surface area contributed by atoms with Gasteiger partial charge < -0.3 is 15.2 Å². The number of hydrogen-bond donors (Lipinski definition) is 2. The van der Waals surface area contributed by atoms with Crippen molar-refractivity contribution in [3.63, 3.8) is 0 Å². The van der Waals surface area contributed by atoms with E-state index in [1.807, 2.05) is 0 Å². The van der Waals surface area contributed by atoms with Crippen LogP contribution in [0.4, 0.5) is 8.78 Å². The van der Waals surface area contributed by atoms with E-state index in [0.717, 1.165) is 31.4 Å². The lowest BCUT2D eigenvalue weighted by molar-refractivity contribution is -0.149. The molecular formula is C17H21F2NO4. The molecule has 0 aromatic heterocycles. The Kier molecular flexibility index (Phi) is 6.11. The fourth-order valence-corrected chi connectivity index (χ4v) is 2.88. The van der Waals surface area contributed by atoms with Crippen LogP contribution in [0.1, 0.15) is 44.9 Å². The molecule has 0 radical (unpaired) electrons. The second-order valence-electron chi connectivity index (χ2n) is 6.02. The first-order valence-corrected chi connectivity index (χ1v) is 8.05. The summed E-state index contributed by atoms with van der Waals surface area (Å²) in [6.07, 6.45) is 3.79. The van der Waals surface area contributed by atoms with E-state index in [1.54, 1.807) is 0 Å². The van der Waals surface area contributed by atoms with Crippen LogP contribution in [0.15, 0.2) is 18.2 Å². The van der Waals surface area contributed by atoms with Crippen molar-refractivity contribution in [3.05, 3.63) is 29.8 Å². The van der Waals surface area contributed by atoms with Gasteiger partial charge in [0, 0.05) is 12.5 Å². The summed E-state index contributed by atoms with van der Waals surface area (Å²) in [5.74, 6) is -2.93. The minimum Gasteiger partial charge on any atom is -0.491 e. The van der Waals surface area contributed by atoms with Crippen LogP contribution in [0.25, 0.3) is 0 Å². The van der Waals surface area contributed by atoms with Crippen LogP contribution in [0.2, 0.25) is 0 Å². The predicted octanol–water partition coefficient (Wildman–Crippen LogP) is 3.03. The quantitative estimate of drug-likeness (QED) is 0.748. The second-order valence-corrected chi connectivity index (χ2v) is 6.02. The molecule has 0 unspecified atom stereocenters. The first-order valence-electron chi connectivity index (χ1n) is 8.05. The average molecular weight is 341 g/mol. The van der Waals surface area contributed by atoms with Crippen molar-refractivity contribution in [2.24, 2.45) is 0 Å². The summed E-state index contributed by atoms with van der Waals surface area (Å²) in [6.45, 7) is 0.0794. The van der Waals surface area contributed by atoms with Gasteiger partial charge in [-0.2, -0.15) is 0 Å². The van der Waals surface area contributed by atoms with Gasteiger partial charge in [0.25, 0.3) is 0 Å². The Labute approximate surface area is 139 Å². The highest BCUT2D eigenvalue weighted by atomic mass is 19.1. The molecule has 2 N–H and O–H groups in total. The van der Waals surface area contributed by atoms with E-state index in [0.29, 0.717) is 19.3 Å². The molecule has 0 aliphatic heterocycles. The first-order chi connectivity index (χ1) is 11.4. The molecule has 1 aliphatic carbocycles. The van der Waals surface area contributed by atoms with Crippen molar-refractivity contribution in [3.8, 4) is 5.75 Å². The highest BCUT2D eigenvalue weighted by Gasteiger charge is 2.40. The van der Waals surface area contributed by atoms with Gasteiger partial charge in [-0.25, -0.2) is 13.6 Å². The Morgan fingerprint density at radius 1 is 1.21 bits per heavy atom. The van der Waals surface area contributed by atoms with Gasteiger partial charge in [0.1, 0.15) is 11.4 Å². The molecule has 1 aromatic rings. The molecule has 24 heavy (non-hydrogen) atoms. The number of nitrogens with one attached hydrogen (secondary N) is 1. The molecule has 1 saturated carbocycles. The summed E-state index contributed by atoms with van der Waals surface area (Å²) < 4.78 is 31.3. The number of hydrogen-bond acceptors (Lipinski definition) is 3. The summed E-state index contributed by atoms with van der Waals surface area (Å²) in [6, 6.07) is 3.00. The normalized spacial score (nSPS) is 16.4. The van der Waals surface area contributed by atoms with Crippen LogP contribution in [0, 0.1) is 11.6 Å². The Hall–Kier alpha value is -2.18. The molecule has 0 atom stereocenters. The van der Waals surface area contributed by atoms with Crippen molar-refractivity contribution in [1.82, 2.24) is 5.32 Å². The van der Waals surface area contributed by atoms with Crippen LogP contribution in [0.5, 0.6) is 5.75 Å². The molecule has 1 amide bonds. The lowest BCUT2D eigenvalue weighted by Crippen LogP contribution is -2.55. The molecule has 1 fully saturated rings. The van der Waals surface area contributed by atoms with E-state index in [2.05, 4.69) is 5.32 Å². The van der Waals surface area contributed by atoms with Crippen LogP contribution in [-0.4, -0.2) is 29.1 Å². The lowest BCUT2D eigenvalue weighted by Gasteiger charge is -2.34. The summed E-state index contributed by atoms with van der Waals surface area (Å²) in [7, 11) is 0. The molecule has 0 bridgehead atoms. The predicted molar refractivity (Wildman–Crippen MR) is 82.7 cm³/mol. The Morgan fingerprint density at radius 2 is 1.92 bits per heavy atom. The van der Waals surface area contributed by atoms with Crippen molar-refractivity contribution in [1.29, 1.82) is 0 Å². The lowest BCUT2D eigenvalue weighted by atomic mass is 9.81. The number of carbonyl (C=O) groups is 2. The number of amides is 1. The smallest absolute Gasteiger partial charge is 0.329 e. The minimum atomic E-state index is -1.17. The standard InChI is InChI=1S/C17H21F2NO4/c18-12-6-7-14(13(19)11-12)24-10-4-5-15(21)20-17(16(22)23)8-2-1-3-9-17/h6-7,11H,1-5,8-10H2,(H,20,21)(H,22,23). The zero-order valence-electron chi connectivity index (χ0n) is 13.3. The van der Waals surface area contributed by atoms with Crippen LogP contribution in [0.3, 0.4) is 0 Å². The summed E-state index contributed by atoms with van der Waals surface area (Å²) >= 11 is 0. The van der Waals surface area contributed by atoms with Crippen LogP contribution < -0.4 is 10.1 Å². The molecule has 0 spiro atoms. The van der Waals surface area contributed by atoms with E-state index in [1.165, 1.54) is 6.07 Å². The van der Waals surface area contributed by atoms with E-state index in [-0.39, 0.29) is 24.7 Å². The molecule has 1 aromatic carbocycles. The maximum absolute atomic E-state index is 13.4. The van der Waals surface area contributed by atoms with E-state index in [4.69, 9.17) is 4.74 Å². The fraction of sp³-hybridized carbons (Fsp3) is 0.529. The van der Waals surface area contributed by atoms with Gasteiger partial charge in [-0.15, -0.1) is 0 Å². The first kappa shape index (κ1) is 18.2. The van der Waals surface area contributed by atoms with E-state index in [9.17, 15) is 23.5 Å². The highest BCUT2D eigenvalue weighted by Crippen LogP contribution is 2.28. The molecule has 132 valence electrons. The third kappa shape index (κ3) is 4.66. The Morgan fingerprint density at radius 3 is 2.54 bits per heavy atom. The largest absolute Gasteiger partial charge is 0.491 e. The Balaban J connectivity index is 1.77. The van der Waals surface area contributed by atoms with Crippen molar-refractivity contribution in [2.45, 2.75) is 50.5 Å². The second kappa shape index (κ2) is 8.08. The number of halogens is 2. The van der Waals surface area contributed by atoms with Crippen LogP contribution in [-0.2, 0) is 9.59 Å². The maximum Gasteiger partial charge on any atom is 0.329 e. The van der Waals surface area contributed by atoms with E-state index >= 15 is 0 Å². The molecular weight excluding hydrogens is 320 g/mol. The van der Waals surface area contributed by atoms with Gasteiger partial charge in [-0.3, -0.25) is 4.79 Å². The third-order valence-electron chi connectivity index (χ3n) is 4.19. The number of carboxylic acid groups (broad SMARTS) is 1. The zero-order chi connectivity index (χ0) is 17.6. The Bertz CT molecular complexity index is 600. The number of carboxylic acids is 1. The molecule has 5 nitrogen and oxygen atoms in total. The molecule has 0 heterocycles. The summed E-state index contributed by atoms with van der Waals surface area (Å²) in [5.41, 5.74) is -1.17. The highest BCUT2D eigenvalue weighted by molar-refractivity contribution is 5.87. The van der Waals surface area contributed by atoms with Gasteiger partial charge in [0.2, 0.25) is 5.91 Å². The molecule has 0 saturated heterocycles. The third-order valence-corrected chi connectivity index (χ3v) is 4.19. The van der Waals surface area contributed by atoms with Crippen molar-refractivity contribution < 1.29 is 28.2 Å². The van der Waals surface area contributed by atoms with Crippen LogP contribution >= 0.6 is 0 Å². The molecule has 7 heteroatoms. The van der Waals surface area contributed by atoms with Gasteiger partial charge >= 0.3 is 5.97 Å². The number of benzene rings is 1. The topological polar surface area (TPSA) is 75.6 Å². The SMILES string of the molecule is O=C(CCCOc1ccc(F)cc1F)NC1(C(=O)O)CCCCC1. The summed E-state index contributed by atoms with van der Waals surface area (Å²) in [4.78, 5) is 23.5. The van der Waals surface area contributed by atoms with Crippen molar-refractivity contribution in [2.75, 3.05) is 6.61 Å². The molecule has 2 rings (SSSR count). The van der Waals surface area contributed by atoms with Gasteiger partial charge in [0.15, 0.2) is 11.6 Å². The number of carbonyl (C=O) groups excluding carboxylic acids is 1. The van der Waals surface area contributed by atoms with Gasteiger partial charge in [-0.05, 0) is 31.4 Å². The monoisotopic (exact) mass is 341 g/mol. The number of ether oxygens (including phenoxy) is 1. The van der Waals surface area contributed by atoms with Crippen molar-refractivity contribution >= 4 is 11.9 Å². The number of aliphatic carboxylic acids is 1. The minimum absolute atomic E-state index is 0.0777. The fourth-order valence-electron chi connectivity index (χ4n) is 2.88. The van der Waals surface area contributed by atoms with Gasteiger partial charge in [-0.1, -0.05) is 19.3 Å².